The second-order valence-corrected chi connectivity index (χ2v) is 4.80. The molecule has 1 aromatic carbocycles. The summed E-state index contributed by atoms with van der Waals surface area (Å²) in [5.41, 5.74) is 6.13. The fourth-order valence-electron chi connectivity index (χ4n) is 2.10. The van der Waals surface area contributed by atoms with E-state index in [4.69, 9.17) is 10.5 Å². The van der Waals surface area contributed by atoms with Crippen LogP contribution in [0.25, 0.3) is 0 Å². The largest absolute Gasteiger partial charge is 0.496 e. The topological polar surface area (TPSA) is 64.3 Å². The molecule has 1 unspecified atom stereocenters. The molecule has 0 radical (unpaired) electrons. The van der Waals surface area contributed by atoms with E-state index in [1.165, 1.54) is 19.2 Å². The molecule has 0 aliphatic heterocycles. The third-order valence-corrected chi connectivity index (χ3v) is 3.26. The van der Waals surface area contributed by atoms with Crippen LogP contribution in [0.1, 0.15) is 30.7 Å². The molecule has 2 rings (SSSR count). The molecule has 1 atom stereocenters. The van der Waals surface area contributed by atoms with Crippen molar-refractivity contribution in [2.24, 2.45) is 5.73 Å². The molecule has 0 saturated heterocycles. The Morgan fingerprint density at radius 3 is 2.89 bits per heavy atom. The third-order valence-electron chi connectivity index (χ3n) is 3.26. The standard InChI is InChI=1S/C14H19FN2O2/c1-19-13-5-2-9(15)8-12(13)11(6-7-16)14(18)17-10-3-4-10/h2,5,8,10-11H,3-4,6-7,16H2,1H3,(H,17,18). The number of carbonyl (C=O) groups is 1. The Morgan fingerprint density at radius 1 is 1.58 bits per heavy atom. The molecule has 5 heteroatoms. The van der Waals surface area contributed by atoms with E-state index >= 15 is 0 Å². The number of nitrogens with one attached hydrogen (secondary N) is 1. The zero-order valence-electron chi connectivity index (χ0n) is 11.0. The first-order valence-electron chi connectivity index (χ1n) is 6.49. The van der Waals surface area contributed by atoms with Gasteiger partial charge in [-0.2, -0.15) is 0 Å². The van der Waals surface area contributed by atoms with Crippen LogP contribution in [-0.4, -0.2) is 25.6 Å². The van der Waals surface area contributed by atoms with Gasteiger partial charge in [-0.1, -0.05) is 0 Å². The van der Waals surface area contributed by atoms with Crippen LogP contribution in [0.15, 0.2) is 18.2 Å². The predicted molar refractivity (Wildman–Crippen MR) is 70.5 cm³/mol. The van der Waals surface area contributed by atoms with Crippen molar-refractivity contribution in [1.82, 2.24) is 5.32 Å². The van der Waals surface area contributed by atoms with E-state index in [-0.39, 0.29) is 17.8 Å². The van der Waals surface area contributed by atoms with Crippen LogP contribution in [0, 0.1) is 5.82 Å². The van der Waals surface area contributed by atoms with Gasteiger partial charge in [-0.25, -0.2) is 4.39 Å². The fraction of sp³-hybridized carbons (Fsp3) is 0.500. The Balaban J connectivity index is 2.25. The highest BCUT2D eigenvalue weighted by Gasteiger charge is 2.29. The van der Waals surface area contributed by atoms with Crippen molar-refractivity contribution in [3.8, 4) is 5.75 Å². The number of hydrogen-bond acceptors (Lipinski definition) is 3. The van der Waals surface area contributed by atoms with Crippen LogP contribution < -0.4 is 15.8 Å². The van der Waals surface area contributed by atoms with Crippen LogP contribution in [-0.2, 0) is 4.79 Å². The summed E-state index contributed by atoms with van der Waals surface area (Å²) in [5, 5.41) is 2.94. The molecule has 1 amide bonds. The zero-order valence-corrected chi connectivity index (χ0v) is 11.0. The number of halogens is 1. The minimum absolute atomic E-state index is 0.100. The van der Waals surface area contributed by atoms with Gasteiger partial charge in [0.1, 0.15) is 11.6 Å². The van der Waals surface area contributed by atoms with E-state index in [1.807, 2.05) is 0 Å². The van der Waals surface area contributed by atoms with Crippen LogP contribution >= 0.6 is 0 Å². The maximum Gasteiger partial charge on any atom is 0.227 e. The van der Waals surface area contributed by atoms with Crippen molar-refractivity contribution in [2.75, 3.05) is 13.7 Å². The minimum Gasteiger partial charge on any atom is -0.496 e. The average Bonchev–Trinajstić information content (AvgIpc) is 3.19. The molecule has 1 saturated carbocycles. The highest BCUT2D eigenvalue weighted by atomic mass is 19.1. The second kappa shape index (κ2) is 6.02. The number of methoxy groups -OCH3 is 1. The lowest BCUT2D eigenvalue weighted by Gasteiger charge is -2.19. The molecule has 0 spiro atoms. The maximum absolute atomic E-state index is 13.4. The highest BCUT2D eigenvalue weighted by molar-refractivity contribution is 5.85. The summed E-state index contributed by atoms with van der Waals surface area (Å²) >= 11 is 0. The van der Waals surface area contributed by atoms with Gasteiger partial charge in [0.25, 0.3) is 0 Å². The highest BCUT2D eigenvalue weighted by Crippen LogP contribution is 2.31. The molecular formula is C14H19FN2O2. The summed E-state index contributed by atoms with van der Waals surface area (Å²) in [5.74, 6) is -0.420. The number of rotatable bonds is 6. The maximum atomic E-state index is 13.4. The molecule has 104 valence electrons. The van der Waals surface area contributed by atoms with Gasteiger partial charge in [-0.05, 0) is 44.0 Å². The van der Waals surface area contributed by atoms with Gasteiger partial charge in [0, 0.05) is 11.6 Å². The van der Waals surface area contributed by atoms with E-state index in [2.05, 4.69) is 5.32 Å². The summed E-state index contributed by atoms with van der Waals surface area (Å²) in [6.07, 6.45) is 2.50. The first-order chi connectivity index (χ1) is 9.15. The van der Waals surface area contributed by atoms with Crippen LogP contribution in [0.3, 0.4) is 0 Å². The number of benzene rings is 1. The quantitative estimate of drug-likeness (QED) is 0.821. The summed E-state index contributed by atoms with van der Waals surface area (Å²) in [7, 11) is 1.51. The Morgan fingerprint density at radius 2 is 2.32 bits per heavy atom. The first kappa shape index (κ1) is 13.8. The van der Waals surface area contributed by atoms with Gasteiger partial charge in [0.2, 0.25) is 5.91 Å². The summed E-state index contributed by atoms with van der Waals surface area (Å²) < 4.78 is 18.6. The normalized spacial score (nSPS) is 15.9. The summed E-state index contributed by atoms with van der Waals surface area (Å²) in [6, 6.07) is 4.48. The van der Waals surface area contributed by atoms with E-state index in [0.717, 1.165) is 12.8 Å². The number of ether oxygens (including phenoxy) is 1. The van der Waals surface area contributed by atoms with E-state index in [9.17, 15) is 9.18 Å². The van der Waals surface area contributed by atoms with Crippen molar-refractivity contribution in [1.29, 1.82) is 0 Å². The third kappa shape index (κ3) is 3.44. The van der Waals surface area contributed by atoms with E-state index < -0.39 is 5.92 Å². The zero-order chi connectivity index (χ0) is 13.8. The summed E-state index contributed by atoms with van der Waals surface area (Å²) in [6.45, 7) is 0.364. The van der Waals surface area contributed by atoms with E-state index in [0.29, 0.717) is 24.3 Å². The SMILES string of the molecule is COc1ccc(F)cc1C(CCN)C(=O)NC1CC1. The molecule has 1 aliphatic carbocycles. The number of nitrogens with two attached hydrogens (primary N) is 1. The van der Waals surface area contributed by atoms with Crippen LogP contribution in [0.5, 0.6) is 5.75 Å². The van der Waals surface area contributed by atoms with Gasteiger partial charge in [0.05, 0.1) is 13.0 Å². The Hall–Kier alpha value is -1.62. The van der Waals surface area contributed by atoms with Crippen molar-refractivity contribution in [2.45, 2.75) is 31.2 Å². The number of carbonyl (C=O) groups excluding carboxylic acids is 1. The lowest BCUT2D eigenvalue weighted by molar-refractivity contribution is -0.122. The van der Waals surface area contributed by atoms with Crippen LogP contribution in [0.4, 0.5) is 4.39 Å². The van der Waals surface area contributed by atoms with Crippen molar-refractivity contribution in [3.05, 3.63) is 29.6 Å². The van der Waals surface area contributed by atoms with Crippen molar-refractivity contribution >= 4 is 5.91 Å². The number of amides is 1. The van der Waals surface area contributed by atoms with Crippen molar-refractivity contribution < 1.29 is 13.9 Å². The van der Waals surface area contributed by atoms with Gasteiger partial charge >= 0.3 is 0 Å². The number of hydrogen-bond donors (Lipinski definition) is 2. The van der Waals surface area contributed by atoms with Gasteiger partial charge < -0.3 is 15.8 Å². The second-order valence-electron chi connectivity index (χ2n) is 4.80. The fourth-order valence-corrected chi connectivity index (χ4v) is 2.10. The molecule has 0 bridgehead atoms. The smallest absolute Gasteiger partial charge is 0.227 e. The Kier molecular flexibility index (Phi) is 4.37. The van der Waals surface area contributed by atoms with E-state index in [1.54, 1.807) is 6.07 Å². The molecule has 1 aliphatic rings. The lowest BCUT2D eigenvalue weighted by atomic mass is 9.93. The molecule has 19 heavy (non-hydrogen) atoms. The molecule has 3 N–H and O–H groups in total. The first-order valence-corrected chi connectivity index (χ1v) is 6.49. The van der Waals surface area contributed by atoms with Crippen LogP contribution in [0.2, 0.25) is 0 Å². The predicted octanol–water partition coefficient (Wildman–Crippen LogP) is 1.55. The Labute approximate surface area is 112 Å². The monoisotopic (exact) mass is 266 g/mol. The lowest BCUT2D eigenvalue weighted by Crippen LogP contribution is -2.32. The molecule has 1 fully saturated rings. The molecule has 0 aromatic heterocycles. The Bertz CT molecular complexity index is 461. The van der Waals surface area contributed by atoms with Gasteiger partial charge in [0.15, 0.2) is 0 Å². The van der Waals surface area contributed by atoms with Gasteiger partial charge in [-0.15, -0.1) is 0 Å². The van der Waals surface area contributed by atoms with Crippen molar-refractivity contribution in [3.63, 3.8) is 0 Å². The molecule has 0 heterocycles. The average molecular weight is 266 g/mol. The minimum atomic E-state index is -0.462. The summed E-state index contributed by atoms with van der Waals surface area (Å²) in [4.78, 5) is 12.2. The molecular weight excluding hydrogens is 247 g/mol. The molecule has 4 nitrogen and oxygen atoms in total. The van der Waals surface area contributed by atoms with Gasteiger partial charge in [-0.3, -0.25) is 4.79 Å². The molecule has 1 aromatic rings.